The molecule has 0 bridgehead atoms. The van der Waals surface area contributed by atoms with Crippen molar-refractivity contribution >= 4 is 35.6 Å². The van der Waals surface area contributed by atoms with E-state index in [-0.39, 0.29) is 25.7 Å². The lowest BCUT2D eigenvalue weighted by Crippen LogP contribution is -2.49. The molecule has 0 aromatic rings. The number of imide groups is 3. The van der Waals surface area contributed by atoms with Gasteiger partial charge >= 0.3 is 5.97 Å². The van der Waals surface area contributed by atoms with Crippen LogP contribution in [0.25, 0.3) is 0 Å². The molecule has 0 fully saturated rings. The Hall–Kier alpha value is -3.02. The molecular formula is C25H46N6O6. The summed E-state index contributed by atoms with van der Waals surface area (Å²) in [7, 11) is 0. The molecule has 212 valence electrons. The summed E-state index contributed by atoms with van der Waals surface area (Å²) in [5.74, 6) is -4.35. The van der Waals surface area contributed by atoms with Crippen molar-refractivity contribution in [2.45, 2.75) is 116 Å². The monoisotopic (exact) mass is 526 g/mol. The number of unbranched alkanes of at least 4 members (excludes halogenated alkanes) is 8. The van der Waals surface area contributed by atoms with Crippen LogP contribution in [0.4, 0.5) is 0 Å². The van der Waals surface area contributed by atoms with Crippen LogP contribution in [-0.4, -0.2) is 64.2 Å². The number of aliphatic carboxylic acids is 1. The van der Waals surface area contributed by atoms with E-state index in [0.717, 1.165) is 51.4 Å². The van der Waals surface area contributed by atoms with Gasteiger partial charge in [0.25, 0.3) is 5.91 Å². The maximum absolute atomic E-state index is 12.8. The summed E-state index contributed by atoms with van der Waals surface area (Å²) in [6, 6.07) is -2.40. The highest BCUT2D eigenvalue weighted by Gasteiger charge is 2.28. The molecule has 0 saturated heterocycles. The summed E-state index contributed by atoms with van der Waals surface area (Å²) in [4.78, 5) is 66.1. The quantitative estimate of drug-likeness (QED) is 0.0882. The van der Waals surface area contributed by atoms with Gasteiger partial charge in [0, 0.05) is 12.8 Å². The molecule has 0 radical (unpaired) electrons. The molecule has 4 amide bonds. The molecule has 8 N–H and O–H groups in total. The van der Waals surface area contributed by atoms with Gasteiger partial charge in [0.15, 0.2) is 12.0 Å². The zero-order valence-corrected chi connectivity index (χ0v) is 22.4. The molecule has 0 aliphatic heterocycles. The van der Waals surface area contributed by atoms with E-state index < -0.39 is 54.2 Å². The fourth-order valence-corrected chi connectivity index (χ4v) is 3.67. The number of carboxylic acids is 1. The van der Waals surface area contributed by atoms with Crippen molar-refractivity contribution in [1.82, 2.24) is 10.2 Å². The minimum atomic E-state index is -1.27. The van der Waals surface area contributed by atoms with Gasteiger partial charge in [-0.05, 0) is 25.7 Å². The summed E-state index contributed by atoms with van der Waals surface area (Å²) in [5.41, 5.74) is 16.2. The van der Waals surface area contributed by atoms with E-state index in [1.54, 1.807) is 0 Å². The van der Waals surface area contributed by atoms with Crippen molar-refractivity contribution in [2.24, 2.45) is 22.2 Å². The van der Waals surface area contributed by atoms with Gasteiger partial charge in [0.05, 0.1) is 12.6 Å². The Kier molecular flexibility index (Phi) is 18.4. The molecule has 37 heavy (non-hydrogen) atoms. The van der Waals surface area contributed by atoms with Gasteiger partial charge in [-0.2, -0.15) is 0 Å². The van der Waals surface area contributed by atoms with E-state index in [2.05, 4.69) is 24.2 Å². The second-order valence-electron chi connectivity index (χ2n) is 9.15. The van der Waals surface area contributed by atoms with Crippen LogP contribution in [0.15, 0.2) is 4.99 Å². The fourth-order valence-electron chi connectivity index (χ4n) is 3.67. The number of hydrogen-bond donors (Lipinski definition) is 5. The lowest BCUT2D eigenvalue weighted by atomic mass is 10.1. The first kappa shape index (κ1) is 34.0. The molecule has 0 heterocycles. The lowest BCUT2D eigenvalue weighted by molar-refractivity contribution is -0.154. The highest BCUT2D eigenvalue weighted by molar-refractivity contribution is 6.11. The maximum atomic E-state index is 12.8. The Bertz CT molecular complexity index is 743. The topological polar surface area (TPSA) is 211 Å². The number of amides is 4. The van der Waals surface area contributed by atoms with Crippen LogP contribution in [0.3, 0.4) is 0 Å². The van der Waals surface area contributed by atoms with Crippen LogP contribution in [0.1, 0.15) is 104 Å². The van der Waals surface area contributed by atoms with Crippen LogP contribution in [0, 0.1) is 0 Å². The number of nitrogens with one attached hydrogen (secondary N) is 1. The van der Waals surface area contributed by atoms with Crippen molar-refractivity contribution in [3.05, 3.63) is 0 Å². The smallest absolute Gasteiger partial charge is 0.328 e. The zero-order valence-electron chi connectivity index (χ0n) is 22.4. The largest absolute Gasteiger partial charge is 0.480 e. The normalized spacial score (nSPS) is 12.3. The van der Waals surface area contributed by atoms with Gasteiger partial charge in [-0.3, -0.25) is 19.2 Å². The molecule has 0 aliphatic carbocycles. The third-order valence-corrected chi connectivity index (χ3v) is 5.83. The first-order valence-corrected chi connectivity index (χ1v) is 13.3. The van der Waals surface area contributed by atoms with Crippen molar-refractivity contribution in [1.29, 1.82) is 0 Å². The molecule has 0 spiro atoms. The predicted octanol–water partition coefficient (Wildman–Crippen LogP) is 1.54. The lowest BCUT2D eigenvalue weighted by Gasteiger charge is -2.20. The number of guanidine groups is 1. The van der Waals surface area contributed by atoms with E-state index in [9.17, 15) is 24.0 Å². The SMILES string of the molecule is CCCCCCCC(=O)N(C(=O)CCCCCCC)C(=O)CNC(=O)C(N)CCC(N=C(N)N)C(=O)O. The molecule has 0 rings (SSSR count). The first-order chi connectivity index (χ1) is 17.5. The first-order valence-electron chi connectivity index (χ1n) is 13.3. The highest BCUT2D eigenvalue weighted by atomic mass is 16.4. The molecule has 12 nitrogen and oxygen atoms in total. The van der Waals surface area contributed by atoms with Gasteiger partial charge in [-0.25, -0.2) is 14.7 Å². The average Bonchev–Trinajstić information content (AvgIpc) is 2.84. The van der Waals surface area contributed by atoms with Crippen LogP contribution in [0.5, 0.6) is 0 Å². The van der Waals surface area contributed by atoms with Crippen LogP contribution in [-0.2, 0) is 24.0 Å². The molecule has 12 heteroatoms. The van der Waals surface area contributed by atoms with Crippen molar-refractivity contribution < 1.29 is 29.1 Å². The van der Waals surface area contributed by atoms with E-state index in [4.69, 9.17) is 22.3 Å². The molecule has 0 aliphatic rings. The molecule has 2 unspecified atom stereocenters. The van der Waals surface area contributed by atoms with E-state index in [1.165, 1.54) is 0 Å². The number of carbonyl (C=O) groups excluding carboxylic acids is 4. The zero-order chi connectivity index (χ0) is 28.2. The highest BCUT2D eigenvalue weighted by Crippen LogP contribution is 2.11. The molecule has 0 saturated carbocycles. The Labute approximate surface area is 219 Å². The van der Waals surface area contributed by atoms with Gasteiger partial charge in [-0.1, -0.05) is 65.2 Å². The van der Waals surface area contributed by atoms with Crippen LogP contribution < -0.4 is 22.5 Å². The molecule has 0 aromatic heterocycles. The maximum Gasteiger partial charge on any atom is 0.328 e. The third kappa shape index (κ3) is 15.6. The molecular weight excluding hydrogens is 480 g/mol. The number of carbonyl (C=O) groups is 5. The number of aliphatic imine (C=N–C) groups is 1. The summed E-state index contributed by atoms with van der Waals surface area (Å²) < 4.78 is 0. The van der Waals surface area contributed by atoms with E-state index in [0.29, 0.717) is 17.7 Å². The second kappa shape index (κ2) is 20.1. The Morgan fingerprint density at radius 3 is 1.70 bits per heavy atom. The number of nitrogens with zero attached hydrogens (tertiary/aromatic N) is 2. The fraction of sp³-hybridized carbons (Fsp3) is 0.760. The minimum absolute atomic E-state index is 0.0646. The van der Waals surface area contributed by atoms with Gasteiger partial charge in [0.2, 0.25) is 17.7 Å². The second-order valence-corrected chi connectivity index (χ2v) is 9.15. The minimum Gasteiger partial charge on any atom is -0.480 e. The van der Waals surface area contributed by atoms with Crippen LogP contribution in [0.2, 0.25) is 0 Å². The average molecular weight is 527 g/mol. The van der Waals surface area contributed by atoms with Gasteiger partial charge < -0.3 is 27.6 Å². The van der Waals surface area contributed by atoms with Crippen LogP contribution >= 0.6 is 0 Å². The molecule has 0 aromatic carbocycles. The Morgan fingerprint density at radius 2 is 1.27 bits per heavy atom. The number of rotatable bonds is 20. The summed E-state index contributed by atoms with van der Waals surface area (Å²) in [6.07, 6.45) is 8.96. The van der Waals surface area contributed by atoms with E-state index >= 15 is 0 Å². The van der Waals surface area contributed by atoms with Crippen molar-refractivity contribution in [3.8, 4) is 0 Å². The summed E-state index contributed by atoms with van der Waals surface area (Å²) >= 11 is 0. The molecule has 2 atom stereocenters. The third-order valence-electron chi connectivity index (χ3n) is 5.83. The Balaban J connectivity index is 5.01. The van der Waals surface area contributed by atoms with Crippen molar-refractivity contribution in [2.75, 3.05) is 6.54 Å². The van der Waals surface area contributed by atoms with E-state index in [1.807, 2.05) is 0 Å². The standard InChI is InChI=1S/C25H46N6O6/c1-3-5-7-9-11-13-20(32)31(21(33)14-12-10-8-6-4-2)22(34)17-29-23(35)18(26)15-16-19(24(36)37)30-25(27)28/h18-19H,3-17,26H2,1-2H3,(H,29,35)(H,36,37)(H4,27,28,30). The predicted molar refractivity (Wildman–Crippen MR) is 141 cm³/mol. The van der Waals surface area contributed by atoms with Gasteiger partial charge in [-0.15, -0.1) is 0 Å². The summed E-state index contributed by atoms with van der Waals surface area (Å²) in [5, 5.41) is 11.5. The van der Waals surface area contributed by atoms with Gasteiger partial charge in [0.1, 0.15) is 0 Å². The van der Waals surface area contributed by atoms with Crippen molar-refractivity contribution in [3.63, 3.8) is 0 Å². The summed E-state index contributed by atoms with van der Waals surface area (Å²) in [6.45, 7) is 3.59. The number of nitrogens with two attached hydrogens (primary N) is 3. The number of hydrogen-bond acceptors (Lipinski definition) is 7. The number of carboxylic acid groups (broad SMARTS) is 1. The Morgan fingerprint density at radius 1 is 0.784 bits per heavy atom.